The Balaban J connectivity index is 2.19. The molecule has 0 spiro atoms. The van der Waals surface area contributed by atoms with E-state index in [1.807, 2.05) is 26.0 Å². The molecule has 0 radical (unpaired) electrons. The van der Waals surface area contributed by atoms with E-state index in [2.05, 4.69) is 12.1 Å². The van der Waals surface area contributed by atoms with Gasteiger partial charge in [-0.3, -0.25) is 4.79 Å². The van der Waals surface area contributed by atoms with Gasteiger partial charge < -0.3 is 9.84 Å². The number of fused-ring (bicyclic) bond motifs is 1. The summed E-state index contributed by atoms with van der Waals surface area (Å²) in [5.41, 5.74) is 1.59. The van der Waals surface area contributed by atoms with Crippen LogP contribution in [0.4, 0.5) is 0 Å². The first-order valence-corrected chi connectivity index (χ1v) is 7.24. The molecule has 1 aliphatic carbocycles. The van der Waals surface area contributed by atoms with Crippen LogP contribution in [0.3, 0.4) is 0 Å². The normalized spacial score (nSPS) is 22.4. The Kier molecular flexibility index (Phi) is 4.19. The molecule has 1 aromatic carbocycles. The maximum Gasteiger partial charge on any atom is 0.309 e. The van der Waals surface area contributed by atoms with Gasteiger partial charge in [0.15, 0.2) is 0 Å². The van der Waals surface area contributed by atoms with Crippen molar-refractivity contribution in [3.8, 4) is 0 Å². The summed E-state index contributed by atoms with van der Waals surface area (Å²) in [6.45, 7) is 4.03. The maximum atomic E-state index is 11.9. The highest BCUT2D eigenvalue weighted by Gasteiger charge is 2.42. The average Bonchev–Trinajstić information content (AvgIpc) is 2.45. The monoisotopic (exact) mass is 276 g/mol. The van der Waals surface area contributed by atoms with Crippen LogP contribution >= 0.6 is 0 Å². The van der Waals surface area contributed by atoms with Crippen LogP contribution in [0.2, 0.25) is 0 Å². The second-order valence-electron chi connectivity index (χ2n) is 6.49. The summed E-state index contributed by atoms with van der Waals surface area (Å²) < 4.78 is 5.43. The summed E-state index contributed by atoms with van der Waals surface area (Å²) in [7, 11) is 1.68. The number of hydrogen-bond acceptors (Lipinski definition) is 2. The zero-order valence-electron chi connectivity index (χ0n) is 12.6. The summed E-state index contributed by atoms with van der Waals surface area (Å²) in [5.74, 6) is -0.668. The Morgan fingerprint density at radius 2 is 2.00 bits per heavy atom. The predicted octanol–water partition coefficient (Wildman–Crippen LogP) is 3.45. The lowest BCUT2D eigenvalue weighted by Gasteiger charge is -2.36. The van der Waals surface area contributed by atoms with Crippen molar-refractivity contribution in [2.75, 3.05) is 7.11 Å². The number of ether oxygens (including phenoxy) is 1. The fourth-order valence-corrected chi connectivity index (χ4v) is 2.95. The van der Waals surface area contributed by atoms with Crippen LogP contribution in [-0.4, -0.2) is 23.8 Å². The average molecular weight is 276 g/mol. The first kappa shape index (κ1) is 15.0. The number of carboxylic acid groups (broad SMARTS) is 1. The van der Waals surface area contributed by atoms with Gasteiger partial charge in [0.1, 0.15) is 0 Å². The topological polar surface area (TPSA) is 46.5 Å². The molecule has 0 amide bonds. The van der Waals surface area contributed by atoms with Gasteiger partial charge in [0.2, 0.25) is 0 Å². The van der Waals surface area contributed by atoms with E-state index in [9.17, 15) is 9.90 Å². The van der Waals surface area contributed by atoms with Crippen molar-refractivity contribution in [2.45, 2.75) is 51.6 Å². The summed E-state index contributed by atoms with van der Waals surface area (Å²) in [6.07, 6.45) is 3.64. The van der Waals surface area contributed by atoms with Crippen LogP contribution in [0.15, 0.2) is 24.3 Å². The fraction of sp³-hybridized carbons (Fsp3) is 0.588. The zero-order valence-corrected chi connectivity index (χ0v) is 12.6. The Labute approximate surface area is 121 Å². The van der Waals surface area contributed by atoms with Gasteiger partial charge in [-0.1, -0.05) is 24.3 Å². The molecule has 1 atom stereocenters. The predicted molar refractivity (Wildman–Crippen MR) is 78.9 cm³/mol. The number of carboxylic acids is 1. The zero-order chi connectivity index (χ0) is 14.8. The molecule has 1 unspecified atom stereocenters. The Morgan fingerprint density at radius 1 is 1.35 bits per heavy atom. The molecule has 0 aromatic heterocycles. The Hall–Kier alpha value is -1.35. The van der Waals surface area contributed by atoms with Crippen LogP contribution in [0.25, 0.3) is 0 Å². The molecule has 1 aromatic rings. The third-order valence-electron chi connectivity index (χ3n) is 4.73. The molecule has 3 heteroatoms. The molecule has 1 aliphatic rings. The van der Waals surface area contributed by atoms with Crippen LogP contribution in [0.1, 0.15) is 44.2 Å². The minimum Gasteiger partial charge on any atom is -0.481 e. The minimum absolute atomic E-state index is 0.264. The lowest BCUT2D eigenvalue weighted by molar-refractivity contribution is -0.151. The Morgan fingerprint density at radius 3 is 2.60 bits per heavy atom. The van der Waals surface area contributed by atoms with E-state index in [1.165, 1.54) is 11.1 Å². The first-order valence-electron chi connectivity index (χ1n) is 7.24. The molecule has 0 saturated heterocycles. The third kappa shape index (κ3) is 3.04. The highest BCUT2D eigenvalue weighted by Crippen LogP contribution is 2.41. The van der Waals surface area contributed by atoms with Gasteiger partial charge in [0.05, 0.1) is 11.0 Å². The van der Waals surface area contributed by atoms with Gasteiger partial charge in [-0.15, -0.1) is 0 Å². The molecule has 3 nitrogen and oxygen atoms in total. The van der Waals surface area contributed by atoms with Gasteiger partial charge in [-0.05, 0) is 57.1 Å². The van der Waals surface area contributed by atoms with Crippen LogP contribution in [0.5, 0.6) is 0 Å². The van der Waals surface area contributed by atoms with Crippen molar-refractivity contribution in [2.24, 2.45) is 5.41 Å². The highest BCUT2D eigenvalue weighted by atomic mass is 16.5. The molecule has 0 aliphatic heterocycles. The molecular weight excluding hydrogens is 252 g/mol. The second-order valence-corrected chi connectivity index (χ2v) is 6.49. The van der Waals surface area contributed by atoms with Gasteiger partial charge in [-0.25, -0.2) is 0 Å². The molecule has 0 saturated carbocycles. The van der Waals surface area contributed by atoms with E-state index in [0.717, 1.165) is 19.3 Å². The SMILES string of the molecule is COC(C)(C)CCC1(C(=O)O)CCc2ccccc2C1. The van der Waals surface area contributed by atoms with E-state index in [1.54, 1.807) is 7.11 Å². The quantitative estimate of drug-likeness (QED) is 0.896. The minimum atomic E-state index is -0.668. The van der Waals surface area contributed by atoms with Crippen molar-refractivity contribution in [1.29, 1.82) is 0 Å². The molecule has 20 heavy (non-hydrogen) atoms. The first-order chi connectivity index (χ1) is 9.38. The number of benzene rings is 1. The maximum absolute atomic E-state index is 11.9. The second kappa shape index (κ2) is 5.57. The summed E-state index contributed by atoms with van der Waals surface area (Å²) >= 11 is 0. The molecule has 2 rings (SSSR count). The van der Waals surface area contributed by atoms with Gasteiger partial charge in [-0.2, -0.15) is 0 Å². The highest BCUT2D eigenvalue weighted by molar-refractivity contribution is 5.75. The Bertz CT molecular complexity index is 493. The number of aliphatic carboxylic acids is 1. The lowest BCUT2D eigenvalue weighted by Crippen LogP contribution is -2.39. The fourth-order valence-electron chi connectivity index (χ4n) is 2.95. The largest absolute Gasteiger partial charge is 0.481 e. The van der Waals surface area contributed by atoms with E-state index in [-0.39, 0.29) is 5.60 Å². The van der Waals surface area contributed by atoms with Crippen molar-refractivity contribution < 1.29 is 14.6 Å². The summed E-state index contributed by atoms with van der Waals surface area (Å²) in [5, 5.41) is 9.74. The van der Waals surface area contributed by atoms with Gasteiger partial charge >= 0.3 is 5.97 Å². The van der Waals surface area contributed by atoms with Gasteiger partial charge in [0.25, 0.3) is 0 Å². The van der Waals surface area contributed by atoms with E-state index >= 15 is 0 Å². The standard InChI is InChI=1S/C17H24O3/c1-16(2,20-3)10-11-17(15(18)19)9-8-13-6-4-5-7-14(13)12-17/h4-7H,8-12H2,1-3H3,(H,18,19). The van der Waals surface area contributed by atoms with Crippen LogP contribution < -0.4 is 0 Å². The van der Waals surface area contributed by atoms with Crippen molar-refractivity contribution >= 4 is 5.97 Å². The van der Waals surface area contributed by atoms with E-state index in [4.69, 9.17) is 4.74 Å². The number of carbonyl (C=O) groups is 1. The van der Waals surface area contributed by atoms with E-state index in [0.29, 0.717) is 12.8 Å². The molecule has 110 valence electrons. The third-order valence-corrected chi connectivity index (χ3v) is 4.73. The number of rotatable bonds is 5. The van der Waals surface area contributed by atoms with E-state index < -0.39 is 11.4 Å². The van der Waals surface area contributed by atoms with Gasteiger partial charge in [0, 0.05) is 7.11 Å². The number of methoxy groups -OCH3 is 1. The van der Waals surface area contributed by atoms with Crippen LogP contribution in [0, 0.1) is 5.41 Å². The smallest absolute Gasteiger partial charge is 0.309 e. The van der Waals surface area contributed by atoms with Crippen LogP contribution in [-0.2, 0) is 22.4 Å². The van der Waals surface area contributed by atoms with Crippen molar-refractivity contribution in [1.82, 2.24) is 0 Å². The molecule has 1 N–H and O–H groups in total. The number of aryl methyl sites for hydroxylation is 1. The molecular formula is C17H24O3. The lowest BCUT2D eigenvalue weighted by atomic mass is 9.68. The molecule has 0 bridgehead atoms. The summed E-state index contributed by atoms with van der Waals surface area (Å²) in [6, 6.07) is 8.20. The molecule has 0 heterocycles. The number of hydrogen-bond donors (Lipinski definition) is 1. The summed E-state index contributed by atoms with van der Waals surface area (Å²) in [4.78, 5) is 11.9. The van der Waals surface area contributed by atoms with Crippen molar-refractivity contribution in [3.05, 3.63) is 35.4 Å². The molecule has 0 fully saturated rings. The van der Waals surface area contributed by atoms with Crippen molar-refractivity contribution in [3.63, 3.8) is 0 Å².